The van der Waals surface area contributed by atoms with Gasteiger partial charge < -0.3 is 20.5 Å². The number of halogens is 1. The molecule has 0 aromatic heterocycles. The number of guanidine groups is 1. The molecule has 1 aromatic rings. The van der Waals surface area contributed by atoms with E-state index in [0.29, 0.717) is 12.6 Å². The van der Waals surface area contributed by atoms with Gasteiger partial charge >= 0.3 is 0 Å². The van der Waals surface area contributed by atoms with Gasteiger partial charge in [0.15, 0.2) is 5.96 Å². The van der Waals surface area contributed by atoms with Gasteiger partial charge in [0.25, 0.3) is 0 Å². The predicted octanol–water partition coefficient (Wildman–Crippen LogP) is 4.04. The number of phenols is 1. The third kappa shape index (κ3) is 6.92. The maximum atomic E-state index is 9.99. The summed E-state index contributed by atoms with van der Waals surface area (Å²) < 4.78 is 5.22. The van der Waals surface area contributed by atoms with Crippen molar-refractivity contribution in [3.63, 3.8) is 0 Å². The molecule has 1 aliphatic rings. The molecular formula is C19H32IN3O2. The molecule has 1 fully saturated rings. The summed E-state index contributed by atoms with van der Waals surface area (Å²) in [5, 5.41) is 16.8. The standard InChI is InChI=1S/C19H31N3O2.HI/c1-4-14-6-8-16(9-7-14)22-19(20-5-2)21-13-15-12-17(24-3)10-11-18(15)23;/h10-12,14,16,23H,4-9,13H2,1-3H3,(H2,20,21,22);1H. The summed E-state index contributed by atoms with van der Waals surface area (Å²) in [6, 6.07) is 5.72. The second-order valence-electron chi connectivity index (χ2n) is 6.46. The van der Waals surface area contributed by atoms with E-state index in [2.05, 4.69) is 29.5 Å². The van der Waals surface area contributed by atoms with Gasteiger partial charge in [0.2, 0.25) is 0 Å². The molecule has 0 saturated heterocycles. The van der Waals surface area contributed by atoms with Crippen LogP contribution in [0, 0.1) is 5.92 Å². The maximum absolute atomic E-state index is 9.99. The Hall–Kier alpha value is -1.18. The summed E-state index contributed by atoms with van der Waals surface area (Å²) >= 11 is 0. The minimum Gasteiger partial charge on any atom is -0.508 e. The summed E-state index contributed by atoms with van der Waals surface area (Å²) in [6.45, 7) is 5.58. The van der Waals surface area contributed by atoms with Crippen molar-refractivity contribution < 1.29 is 9.84 Å². The molecule has 0 atom stereocenters. The molecular weight excluding hydrogens is 429 g/mol. The zero-order chi connectivity index (χ0) is 17.4. The van der Waals surface area contributed by atoms with Crippen LogP contribution in [0.15, 0.2) is 23.2 Å². The molecule has 1 saturated carbocycles. The fourth-order valence-electron chi connectivity index (χ4n) is 3.21. The van der Waals surface area contributed by atoms with Crippen LogP contribution in [0.3, 0.4) is 0 Å². The SMILES string of the molecule is CCNC(=NCc1cc(OC)ccc1O)NC1CCC(CC)CC1.I. The van der Waals surface area contributed by atoms with E-state index in [1.807, 2.05) is 6.07 Å². The summed E-state index contributed by atoms with van der Waals surface area (Å²) in [6.07, 6.45) is 6.28. The van der Waals surface area contributed by atoms with Gasteiger partial charge in [-0.15, -0.1) is 24.0 Å². The summed E-state index contributed by atoms with van der Waals surface area (Å²) in [4.78, 5) is 4.63. The lowest BCUT2D eigenvalue weighted by molar-refractivity contribution is 0.304. The van der Waals surface area contributed by atoms with Crippen molar-refractivity contribution in [3.8, 4) is 11.5 Å². The van der Waals surface area contributed by atoms with Gasteiger partial charge in [-0.1, -0.05) is 13.3 Å². The molecule has 0 amide bonds. The van der Waals surface area contributed by atoms with E-state index in [-0.39, 0.29) is 29.7 Å². The highest BCUT2D eigenvalue weighted by Crippen LogP contribution is 2.26. The third-order valence-electron chi connectivity index (χ3n) is 4.80. The average molecular weight is 461 g/mol. The van der Waals surface area contributed by atoms with Crippen molar-refractivity contribution in [2.45, 2.75) is 58.5 Å². The first-order valence-corrected chi connectivity index (χ1v) is 9.07. The number of nitrogens with one attached hydrogen (secondary N) is 2. The first kappa shape index (κ1) is 21.9. The Morgan fingerprint density at radius 1 is 1.24 bits per heavy atom. The fraction of sp³-hybridized carbons (Fsp3) is 0.632. The second kappa shape index (κ2) is 11.4. The lowest BCUT2D eigenvalue weighted by Crippen LogP contribution is -2.44. The summed E-state index contributed by atoms with van der Waals surface area (Å²) in [7, 11) is 1.62. The predicted molar refractivity (Wildman–Crippen MR) is 114 cm³/mol. The van der Waals surface area contributed by atoms with Crippen LogP contribution in [0.4, 0.5) is 0 Å². The highest BCUT2D eigenvalue weighted by Gasteiger charge is 2.20. The van der Waals surface area contributed by atoms with Gasteiger partial charge in [-0.05, 0) is 56.7 Å². The maximum Gasteiger partial charge on any atom is 0.191 e. The number of benzene rings is 1. The van der Waals surface area contributed by atoms with E-state index in [4.69, 9.17) is 4.74 Å². The van der Waals surface area contributed by atoms with Crippen molar-refractivity contribution in [1.82, 2.24) is 10.6 Å². The summed E-state index contributed by atoms with van der Waals surface area (Å²) in [5.41, 5.74) is 0.765. The molecule has 5 nitrogen and oxygen atoms in total. The fourth-order valence-corrected chi connectivity index (χ4v) is 3.21. The molecule has 1 aliphatic carbocycles. The average Bonchev–Trinajstić information content (AvgIpc) is 2.61. The number of rotatable bonds is 6. The van der Waals surface area contributed by atoms with Crippen molar-refractivity contribution in [3.05, 3.63) is 23.8 Å². The molecule has 1 aromatic carbocycles. The van der Waals surface area contributed by atoms with Gasteiger partial charge in [0.05, 0.1) is 13.7 Å². The van der Waals surface area contributed by atoms with E-state index in [1.54, 1.807) is 19.2 Å². The molecule has 0 aliphatic heterocycles. The van der Waals surface area contributed by atoms with Gasteiger partial charge in [-0.2, -0.15) is 0 Å². The van der Waals surface area contributed by atoms with Gasteiger partial charge in [-0.3, -0.25) is 0 Å². The monoisotopic (exact) mass is 461 g/mol. The Balaban J connectivity index is 0.00000312. The zero-order valence-corrected chi connectivity index (χ0v) is 17.9. The molecule has 0 radical (unpaired) electrons. The van der Waals surface area contributed by atoms with E-state index in [1.165, 1.54) is 32.1 Å². The first-order valence-electron chi connectivity index (χ1n) is 9.07. The number of hydrogen-bond donors (Lipinski definition) is 3. The molecule has 25 heavy (non-hydrogen) atoms. The lowest BCUT2D eigenvalue weighted by atomic mass is 9.84. The molecule has 0 heterocycles. The number of ether oxygens (including phenoxy) is 1. The van der Waals surface area contributed by atoms with Crippen molar-refractivity contribution >= 4 is 29.9 Å². The Kier molecular flexibility index (Phi) is 10.0. The Labute approximate surface area is 168 Å². The number of phenolic OH excluding ortho intramolecular Hbond substituents is 1. The molecule has 3 N–H and O–H groups in total. The Bertz CT molecular complexity index is 543. The third-order valence-corrected chi connectivity index (χ3v) is 4.80. The van der Waals surface area contributed by atoms with Crippen molar-refractivity contribution in [1.29, 1.82) is 0 Å². The first-order chi connectivity index (χ1) is 11.7. The smallest absolute Gasteiger partial charge is 0.191 e. The summed E-state index contributed by atoms with van der Waals surface area (Å²) in [5.74, 6) is 2.68. The van der Waals surface area contributed by atoms with Crippen LogP contribution >= 0.6 is 24.0 Å². The topological polar surface area (TPSA) is 65.9 Å². The Morgan fingerprint density at radius 2 is 1.96 bits per heavy atom. The molecule has 6 heteroatoms. The van der Waals surface area contributed by atoms with Gasteiger partial charge in [0, 0.05) is 18.2 Å². The highest BCUT2D eigenvalue weighted by molar-refractivity contribution is 14.0. The normalized spacial score (nSPS) is 20.5. The van der Waals surface area contributed by atoms with Crippen LogP contribution in [0.5, 0.6) is 11.5 Å². The minimum atomic E-state index is 0. The van der Waals surface area contributed by atoms with Gasteiger partial charge in [0.1, 0.15) is 11.5 Å². The molecule has 142 valence electrons. The molecule has 0 bridgehead atoms. The van der Waals surface area contributed by atoms with Crippen LogP contribution in [-0.2, 0) is 6.54 Å². The van der Waals surface area contributed by atoms with Crippen molar-refractivity contribution in [2.24, 2.45) is 10.9 Å². The minimum absolute atomic E-state index is 0. The highest BCUT2D eigenvalue weighted by atomic mass is 127. The van der Waals surface area contributed by atoms with Crippen LogP contribution in [0.1, 0.15) is 51.5 Å². The number of methoxy groups -OCH3 is 1. The zero-order valence-electron chi connectivity index (χ0n) is 15.5. The number of aliphatic imine (C=N–C) groups is 1. The van der Waals surface area contributed by atoms with Crippen LogP contribution < -0.4 is 15.4 Å². The Morgan fingerprint density at radius 3 is 2.56 bits per heavy atom. The largest absolute Gasteiger partial charge is 0.508 e. The number of hydrogen-bond acceptors (Lipinski definition) is 3. The van der Waals surface area contributed by atoms with E-state index in [0.717, 1.165) is 29.7 Å². The van der Waals surface area contributed by atoms with Crippen LogP contribution in [-0.4, -0.2) is 30.8 Å². The lowest BCUT2D eigenvalue weighted by Gasteiger charge is -2.29. The van der Waals surface area contributed by atoms with Crippen LogP contribution in [0.25, 0.3) is 0 Å². The van der Waals surface area contributed by atoms with E-state index in [9.17, 15) is 5.11 Å². The number of nitrogens with zero attached hydrogens (tertiary/aromatic N) is 1. The molecule has 0 unspecified atom stereocenters. The van der Waals surface area contributed by atoms with E-state index >= 15 is 0 Å². The molecule has 0 spiro atoms. The van der Waals surface area contributed by atoms with Crippen molar-refractivity contribution in [2.75, 3.05) is 13.7 Å². The van der Waals surface area contributed by atoms with E-state index < -0.39 is 0 Å². The van der Waals surface area contributed by atoms with Gasteiger partial charge in [-0.25, -0.2) is 4.99 Å². The quantitative estimate of drug-likeness (QED) is 0.340. The second-order valence-corrected chi connectivity index (χ2v) is 6.46. The number of aromatic hydroxyl groups is 1. The van der Waals surface area contributed by atoms with Crippen LogP contribution in [0.2, 0.25) is 0 Å². The molecule has 2 rings (SSSR count).